The number of nitrogens with zero attached hydrogens (tertiary/aromatic N) is 2. The van der Waals surface area contributed by atoms with Crippen LogP contribution in [-0.2, 0) is 9.59 Å². The maximum Gasteiger partial charge on any atom is 0.302 e. The van der Waals surface area contributed by atoms with E-state index in [1.165, 1.54) is 18.1 Å². The summed E-state index contributed by atoms with van der Waals surface area (Å²) < 4.78 is 5.24. The lowest BCUT2D eigenvalue weighted by Crippen LogP contribution is -2.30. The zero-order valence-corrected chi connectivity index (χ0v) is 18.2. The number of hydrogen-bond donors (Lipinski definition) is 2. The fourth-order valence-electron chi connectivity index (χ4n) is 4.02. The number of halogens is 1. The summed E-state index contributed by atoms with van der Waals surface area (Å²) in [4.78, 5) is 35.3. The van der Waals surface area contributed by atoms with Crippen LogP contribution in [0.5, 0.6) is 5.75 Å². The Kier molecular flexibility index (Phi) is 5.11. The second-order valence-electron chi connectivity index (χ2n) is 7.51. The van der Waals surface area contributed by atoms with Gasteiger partial charge in [-0.05, 0) is 35.9 Å². The number of amides is 1. The van der Waals surface area contributed by atoms with Gasteiger partial charge in [-0.1, -0.05) is 54.1 Å². The fraction of sp³-hybridized carbons (Fsp3) is 0.0800. The van der Waals surface area contributed by atoms with Crippen LogP contribution in [0.4, 0.5) is 5.95 Å². The van der Waals surface area contributed by atoms with E-state index in [0.29, 0.717) is 27.4 Å². The summed E-state index contributed by atoms with van der Waals surface area (Å²) in [6.07, 6.45) is 0. The molecule has 164 valence electrons. The number of aromatic nitrogens is 2. The van der Waals surface area contributed by atoms with Crippen LogP contribution in [0, 0.1) is 0 Å². The number of ketones is 1. The van der Waals surface area contributed by atoms with Crippen molar-refractivity contribution in [2.75, 3.05) is 12.0 Å². The van der Waals surface area contributed by atoms with Gasteiger partial charge in [-0.2, -0.15) is 0 Å². The highest BCUT2D eigenvalue weighted by molar-refractivity contribution is 6.51. The van der Waals surface area contributed by atoms with E-state index in [4.69, 9.17) is 16.3 Å². The van der Waals surface area contributed by atoms with E-state index >= 15 is 0 Å². The minimum atomic E-state index is -0.881. The standard InChI is InChI=1S/C25H18ClN3O4/c1-33-19-13-15(11-12-16(19)26)22(30)20-21(14-7-3-2-4-8-14)29(24(32)23(20)31)25-27-17-9-5-6-10-18(17)28-25/h2-13,21,30H,1H3,(H,27,28)/b22-20+. The topological polar surface area (TPSA) is 95.5 Å². The number of anilines is 1. The number of fused-ring (bicyclic) bond motifs is 1. The minimum Gasteiger partial charge on any atom is -0.507 e. The van der Waals surface area contributed by atoms with Crippen molar-refractivity contribution in [3.8, 4) is 5.75 Å². The Morgan fingerprint density at radius 2 is 1.79 bits per heavy atom. The number of Topliss-reactive ketones (excluding diaryl/α,β-unsaturated/α-hetero) is 1. The summed E-state index contributed by atoms with van der Waals surface area (Å²) in [6.45, 7) is 0. The van der Waals surface area contributed by atoms with E-state index < -0.39 is 17.7 Å². The molecular weight excluding hydrogens is 442 g/mol. The molecule has 1 aromatic heterocycles. The number of para-hydroxylation sites is 2. The average molecular weight is 460 g/mol. The van der Waals surface area contributed by atoms with Gasteiger partial charge in [-0.15, -0.1) is 0 Å². The lowest BCUT2D eigenvalue weighted by atomic mass is 9.95. The highest BCUT2D eigenvalue weighted by atomic mass is 35.5. The Morgan fingerprint density at radius 3 is 2.52 bits per heavy atom. The number of carbonyl (C=O) groups excluding carboxylic acids is 2. The minimum absolute atomic E-state index is 0.0453. The third-order valence-corrected chi connectivity index (χ3v) is 5.90. The van der Waals surface area contributed by atoms with Gasteiger partial charge in [-0.25, -0.2) is 4.98 Å². The van der Waals surface area contributed by atoms with Crippen molar-refractivity contribution in [2.24, 2.45) is 0 Å². The zero-order valence-electron chi connectivity index (χ0n) is 17.4. The highest BCUT2D eigenvalue weighted by Gasteiger charge is 2.48. The smallest absolute Gasteiger partial charge is 0.302 e. The molecule has 1 aliphatic heterocycles. The van der Waals surface area contributed by atoms with Crippen molar-refractivity contribution in [1.82, 2.24) is 9.97 Å². The number of aromatic amines is 1. The van der Waals surface area contributed by atoms with Crippen LogP contribution in [0.25, 0.3) is 16.8 Å². The van der Waals surface area contributed by atoms with Crippen molar-refractivity contribution in [3.63, 3.8) is 0 Å². The number of methoxy groups -OCH3 is 1. The number of rotatable bonds is 4. The van der Waals surface area contributed by atoms with Gasteiger partial charge >= 0.3 is 5.91 Å². The maximum absolute atomic E-state index is 13.2. The molecule has 7 nitrogen and oxygen atoms in total. The molecule has 0 radical (unpaired) electrons. The van der Waals surface area contributed by atoms with Crippen molar-refractivity contribution in [1.29, 1.82) is 0 Å². The predicted octanol–water partition coefficient (Wildman–Crippen LogP) is 4.85. The molecule has 2 heterocycles. The largest absolute Gasteiger partial charge is 0.507 e. The van der Waals surface area contributed by atoms with E-state index in [1.807, 2.05) is 30.3 Å². The summed E-state index contributed by atoms with van der Waals surface area (Å²) >= 11 is 6.11. The SMILES string of the molecule is COc1cc(/C(O)=C2\C(=O)C(=O)N(c3nc4ccccc4[nH]3)C2c2ccccc2)ccc1Cl. The van der Waals surface area contributed by atoms with Crippen molar-refractivity contribution in [3.05, 3.63) is 94.5 Å². The molecule has 0 aliphatic carbocycles. The first-order chi connectivity index (χ1) is 16.0. The van der Waals surface area contributed by atoms with Gasteiger partial charge in [-0.3, -0.25) is 14.5 Å². The Bertz CT molecular complexity index is 1400. The average Bonchev–Trinajstić information content (AvgIpc) is 3.38. The van der Waals surface area contributed by atoms with Crippen LogP contribution < -0.4 is 9.64 Å². The fourth-order valence-corrected chi connectivity index (χ4v) is 4.21. The first kappa shape index (κ1) is 20.8. The number of imidazole rings is 1. The summed E-state index contributed by atoms with van der Waals surface area (Å²) in [5.41, 5.74) is 2.29. The molecule has 0 spiro atoms. The molecular formula is C25H18ClN3O4. The number of benzene rings is 3. The molecule has 1 atom stereocenters. The number of carbonyl (C=O) groups is 2. The van der Waals surface area contributed by atoms with Gasteiger partial charge in [0.25, 0.3) is 5.78 Å². The monoisotopic (exact) mass is 459 g/mol. The summed E-state index contributed by atoms with van der Waals surface area (Å²) in [6, 6.07) is 20.1. The molecule has 4 aromatic rings. The molecule has 1 fully saturated rings. The molecule has 8 heteroatoms. The van der Waals surface area contributed by atoms with Gasteiger partial charge < -0.3 is 14.8 Å². The van der Waals surface area contributed by atoms with Crippen LogP contribution in [0.1, 0.15) is 17.2 Å². The van der Waals surface area contributed by atoms with E-state index in [-0.39, 0.29) is 17.3 Å². The molecule has 1 unspecified atom stereocenters. The Balaban J connectivity index is 1.73. The molecule has 2 N–H and O–H groups in total. The molecule has 1 aliphatic rings. The molecule has 0 bridgehead atoms. The third kappa shape index (κ3) is 3.43. The lowest BCUT2D eigenvalue weighted by molar-refractivity contribution is -0.132. The Hall–Kier alpha value is -4.10. The predicted molar refractivity (Wildman–Crippen MR) is 125 cm³/mol. The molecule has 5 rings (SSSR count). The number of H-pyrrole nitrogens is 1. The number of ether oxygens (including phenoxy) is 1. The molecule has 3 aromatic carbocycles. The van der Waals surface area contributed by atoms with E-state index in [1.54, 1.807) is 36.4 Å². The zero-order chi connectivity index (χ0) is 23.1. The van der Waals surface area contributed by atoms with Crippen LogP contribution in [0.2, 0.25) is 5.02 Å². The van der Waals surface area contributed by atoms with E-state index in [2.05, 4.69) is 9.97 Å². The summed E-state index contributed by atoms with van der Waals surface area (Å²) in [5.74, 6) is -1.36. The van der Waals surface area contributed by atoms with E-state index in [0.717, 1.165) is 5.52 Å². The highest BCUT2D eigenvalue weighted by Crippen LogP contribution is 2.42. The van der Waals surface area contributed by atoms with Crippen molar-refractivity contribution < 1.29 is 19.4 Å². The second-order valence-corrected chi connectivity index (χ2v) is 7.91. The second kappa shape index (κ2) is 8.11. The van der Waals surface area contributed by atoms with Crippen LogP contribution in [0.15, 0.2) is 78.4 Å². The first-order valence-corrected chi connectivity index (χ1v) is 10.5. The third-order valence-electron chi connectivity index (χ3n) is 5.59. The van der Waals surface area contributed by atoms with E-state index in [9.17, 15) is 14.7 Å². The van der Waals surface area contributed by atoms with Crippen LogP contribution >= 0.6 is 11.6 Å². The molecule has 33 heavy (non-hydrogen) atoms. The van der Waals surface area contributed by atoms with Gasteiger partial charge in [0.1, 0.15) is 11.5 Å². The van der Waals surface area contributed by atoms with Crippen molar-refractivity contribution in [2.45, 2.75) is 6.04 Å². The Labute approximate surface area is 193 Å². The maximum atomic E-state index is 13.2. The quantitative estimate of drug-likeness (QED) is 0.258. The molecule has 1 saturated heterocycles. The van der Waals surface area contributed by atoms with Crippen molar-refractivity contribution >= 4 is 46.0 Å². The lowest BCUT2D eigenvalue weighted by Gasteiger charge is -2.23. The molecule has 0 saturated carbocycles. The number of aliphatic hydroxyl groups excluding tert-OH is 1. The number of nitrogens with one attached hydrogen (secondary N) is 1. The normalized spacial score (nSPS) is 17.6. The summed E-state index contributed by atoms with van der Waals surface area (Å²) in [5, 5.41) is 11.6. The first-order valence-electron chi connectivity index (χ1n) is 10.1. The van der Waals surface area contributed by atoms with Gasteiger partial charge in [0.2, 0.25) is 5.95 Å². The van der Waals surface area contributed by atoms with Gasteiger partial charge in [0.05, 0.1) is 34.8 Å². The van der Waals surface area contributed by atoms with Gasteiger partial charge in [0.15, 0.2) is 0 Å². The molecule has 1 amide bonds. The number of aliphatic hydroxyl groups is 1. The van der Waals surface area contributed by atoms with Gasteiger partial charge in [0, 0.05) is 5.56 Å². The van der Waals surface area contributed by atoms with Crippen LogP contribution in [0.3, 0.4) is 0 Å². The summed E-state index contributed by atoms with van der Waals surface area (Å²) in [7, 11) is 1.45. The van der Waals surface area contributed by atoms with Crippen LogP contribution in [-0.4, -0.2) is 33.9 Å². The number of hydrogen-bond acceptors (Lipinski definition) is 5. The Morgan fingerprint density at radius 1 is 1.06 bits per heavy atom.